The number of benzene rings is 1. The van der Waals surface area contributed by atoms with E-state index < -0.39 is 0 Å². The Hall–Kier alpha value is -2.12. The van der Waals surface area contributed by atoms with Crippen LogP contribution in [0, 0.1) is 0 Å². The molecule has 2 aromatic rings. The van der Waals surface area contributed by atoms with Crippen molar-refractivity contribution >= 4 is 23.3 Å². The fourth-order valence-electron chi connectivity index (χ4n) is 1.80. The molecule has 1 aromatic carbocycles. The molecule has 118 valence electrons. The lowest BCUT2D eigenvalue weighted by atomic mass is 10.3. The third-order valence-electron chi connectivity index (χ3n) is 2.83. The van der Waals surface area contributed by atoms with Gasteiger partial charge >= 0.3 is 6.03 Å². The minimum atomic E-state index is -0.277. The first-order chi connectivity index (χ1) is 10.7. The zero-order valence-electron chi connectivity index (χ0n) is 12.3. The Labute approximate surface area is 133 Å². The molecule has 0 aliphatic carbocycles. The minimum absolute atomic E-state index is 0.277. The number of hydrogen-bond donors (Lipinski definition) is 2. The van der Waals surface area contributed by atoms with Crippen molar-refractivity contribution < 1.29 is 9.53 Å². The fraction of sp³-hybridized carbons (Fsp3) is 0.357. The molecule has 0 saturated carbocycles. The number of urea groups is 1. The number of aromatic nitrogens is 3. The van der Waals surface area contributed by atoms with Gasteiger partial charge in [-0.2, -0.15) is 5.10 Å². The highest BCUT2D eigenvalue weighted by Gasteiger charge is 2.07. The van der Waals surface area contributed by atoms with Crippen LogP contribution in [-0.2, 0) is 4.74 Å². The highest BCUT2D eigenvalue weighted by Crippen LogP contribution is 2.23. The first-order valence-electron chi connectivity index (χ1n) is 6.98. The van der Waals surface area contributed by atoms with Gasteiger partial charge in [-0.15, -0.1) is 0 Å². The van der Waals surface area contributed by atoms with Crippen LogP contribution in [-0.4, -0.2) is 40.6 Å². The van der Waals surface area contributed by atoms with Crippen LogP contribution < -0.4 is 10.6 Å². The SMILES string of the molecule is CCOCCCNC(=O)Nc1ccc(-n2cncn2)c(Cl)c1. The Kier molecular flexibility index (Phi) is 6.17. The molecule has 0 saturated heterocycles. The highest BCUT2D eigenvalue weighted by molar-refractivity contribution is 6.32. The third kappa shape index (κ3) is 4.71. The third-order valence-corrected chi connectivity index (χ3v) is 3.13. The second-order valence-electron chi connectivity index (χ2n) is 4.44. The summed E-state index contributed by atoms with van der Waals surface area (Å²) in [5.74, 6) is 0. The smallest absolute Gasteiger partial charge is 0.319 e. The van der Waals surface area contributed by atoms with Crippen molar-refractivity contribution in [1.29, 1.82) is 0 Å². The molecule has 0 aliphatic rings. The van der Waals surface area contributed by atoms with Gasteiger partial charge in [0.05, 0.1) is 10.7 Å². The van der Waals surface area contributed by atoms with Gasteiger partial charge in [-0.3, -0.25) is 0 Å². The number of rotatable bonds is 7. The van der Waals surface area contributed by atoms with Crippen molar-refractivity contribution in [3.8, 4) is 5.69 Å². The molecule has 2 N–H and O–H groups in total. The summed E-state index contributed by atoms with van der Waals surface area (Å²) in [6.07, 6.45) is 3.75. The van der Waals surface area contributed by atoms with Crippen LogP contribution in [0.5, 0.6) is 0 Å². The predicted molar refractivity (Wildman–Crippen MR) is 84.5 cm³/mol. The van der Waals surface area contributed by atoms with Crippen LogP contribution in [0.1, 0.15) is 13.3 Å². The molecule has 1 aromatic heterocycles. The molecule has 1 heterocycles. The van der Waals surface area contributed by atoms with Gasteiger partial charge in [0.15, 0.2) is 0 Å². The number of carbonyl (C=O) groups is 1. The molecule has 0 atom stereocenters. The summed E-state index contributed by atoms with van der Waals surface area (Å²) in [6, 6.07) is 4.91. The van der Waals surface area contributed by atoms with E-state index in [0.717, 1.165) is 6.42 Å². The van der Waals surface area contributed by atoms with Gasteiger partial charge in [-0.25, -0.2) is 14.5 Å². The molecule has 0 aliphatic heterocycles. The molecule has 0 bridgehead atoms. The van der Waals surface area contributed by atoms with E-state index in [1.54, 1.807) is 29.2 Å². The van der Waals surface area contributed by atoms with Crippen molar-refractivity contribution in [3.05, 3.63) is 35.9 Å². The summed E-state index contributed by atoms with van der Waals surface area (Å²) in [7, 11) is 0. The number of nitrogens with one attached hydrogen (secondary N) is 2. The lowest BCUT2D eigenvalue weighted by Gasteiger charge is -2.10. The van der Waals surface area contributed by atoms with Crippen LogP contribution in [0.25, 0.3) is 5.69 Å². The van der Waals surface area contributed by atoms with Gasteiger partial charge in [0, 0.05) is 25.4 Å². The maximum absolute atomic E-state index is 11.7. The second-order valence-corrected chi connectivity index (χ2v) is 4.84. The molecule has 22 heavy (non-hydrogen) atoms. The zero-order valence-corrected chi connectivity index (χ0v) is 13.0. The molecule has 2 rings (SSSR count). The Balaban J connectivity index is 1.85. The number of amides is 2. The maximum Gasteiger partial charge on any atom is 0.319 e. The maximum atomic E-state index is 11.7. The molecule has 0 fully saturated rings. The molecule has 0 unspecified atom stereocenters. The zero-order chi connectivity index (χ0) is 15.8. The summed E-state index contributed by atoms with van der Waals surface area (Å²) in [4.78, 5) is 15.6. The van der Waals surface area contributed by atoms with Crippen molar-refractivity contribution in [1.82, 2.24) is 20.1 Å². The monoisotopic (exact) mass is 323 g/mol. The molecular formula is C14H18ClN5O2. The quantitative estimate of drug-likeness (QED) is 0.767. The van der Waals surface area contributed by atoms with Crippen molar-refractivity contribution in [2.75, 3.05) is 25.1 Å². The van der Waals surface area contributed by atoms with Crippen LogP contribution in [0.2, 0.25) is 5.02 Å². The normalized spacial score (nSPS) is 10.5. The highest BCUT2D eigenvalue weighted by atomic mass is 35.5. The number of hydrogen-bond acceptors (Lipinski definition) is 4. The van der Waals surface area contributed by atoms with E-state index in [0.29, 0.717) is 36.2 Å². The first kappa shape index (κ1) is 16.3. The van der Waals surface area contributed by atoms with Gasteiger partial charge in [0.25, 0.3) is 0 Å². The molecule has 0 spiro atoms. The Bertz CT molecular complexity index is 603. The van der Waals surface area contributed by atoms with E-state index >= 15 is 0 Å². The van der Waals surface area contributed by atoms with Crippen molar-refractivity contribution in [2.45, 2.75) is 13.3 Å². The summed E-state index contributed by atoms with van der Waals surface area (Å²) >= 11 is 6.19. The van der Waals surface area contributed by atoms with Gasteiger partial charge in [-0.1, -0.05) is 11.6 Å². The van der Waals surface area contributed by atoms with E-state index in [9.17, 15) is 4.79 Å². The molecular weight excluding hydrogens is 306 g/mol. The standard InChI is InChI=1S/C14H18ClN5O2/c1-2-22-7-3-6-17-14(21)19-11-4-5-13(12(15)8-11)20-10-16-9-18-20/h4-5,8-10H,2-3,6-7H2,1H3,(H2,17,19,21). The molecule has 7 nitrogen and oxygen atoms in total. The minimum Gasteiger partial charge on any atom is -0.382 e. The first-order valence-corrected chi connectivity index (χ1v) is 7.35. The summed E-state index contributed by atoms with van der Waals surface area (Å²) in [6.45, 7) is 3.81. The summed E-state index contributed by atoms with van der Waals surface area (Å²) in [5.41, 5.74) is 1.30. The summed E-state index contributed by atoms with van der Waals surface area (Å²) in [5, 5.41) is 9.96. The largest absolute Gasteiger partial charge is 0.382 e. The van der Waals surface area contributed by atoms with Crippen LogP contribution in [0.15, 0.2) is 30.9 Å². The Morgan fingerprint density at radius 2 is 2.32 bits per heavy atom. The molecule has 8 heteroatoms. The van der Waals surface area contributed by atoms with E-state index in [-0.39, 0.29) is 6.03 Å². The van der Waals surface area contributed by atoms with E-state index in [4.69, 9.17) is 16.3 Å². The van der Waals surface area contributed by atoms with Crippen LogP contribution in [0.3, 0.4) is 0 Å². The summed E-state index contributed by atoms with van der Waals surface area (Å²) < 4.78 is 6.75. The molecule has 2 amide bonds. The van der Waals surface area contributed by atoms with E-state index in [2.05, 4.69) is 20.7 Å². The van der Waals surface area contributed by atoms with Crippen LogP contribution >= 0.6 is 11.6 Å². The van der Waals surface area contributed by atoms with Gasteiger partial charge in [0.2, 0.25) is 0 Å². The lowest BCUT2D eigenvalue weighted by molar-refractivity contribution is 0.145. The Morgan fingerprint density at radius 3 is 3.00 bits per heavy atom. The average Bonchev–Trinajstić information content (AvgIpc) is 3.01. The Morgan fingerprint density at radius 1 is 1.45 bits per heavy atom. The van der Waals surface area contributed by atoms with E-state index in [1.165, 1.54) is 6.33 Å². The van der Waals surface area contributed by atoms with E-state index in [1.807, 2.05) is 6.92 Å². The fourth-order valence-corrected chi connectivity index (χ4v) is 2.07. The van der Waals surface area contributed by atoms with Gasteiger partial charge < -0.3 is 15.4 Å². The van der Waals surface area contributed by atoms with Crippen LogP contribution in [0.4, 0.5) is 10.5 Å². The topological polar surface area (TPSA) is 81.1 Å². The van der Waals surface area contributed by atoms with Crippen molar-refractivity contribution in [2.24, 2.45) is 0 Å². The second kappa shape index (κ2) is 8.35. The number of ether oxygens (including phenoxy) is 1. The van der Waals surface area contributed by atoms with Crippen molar-refractivity contribution in [3.63, 3.8) is 0 Å². The van der Waals surface area contributed by atoms with Gasteiger partial charge in [0.1, 0.15) is 12.7 Å². The number of nitrogens with zero attached hydrogens (tertiary/aromatic N) is 3. The van der Waals surface area contributed by atoms with Gasteiger partial charge in [-0.05, 0) is 31.5 Å². The lowest BCUT2D eigenvalue weighted by Crippen LogP contribution is -2.30. The number of anilines is 1. The predicted octanol–water partition coefficient (Wildman–Crippen LogP) is 2.47. The number of carbonyl (C=O) groups excluding carboxylic acids is 1. The average molecular weight is 324 g/mol. The number of halogens is 1. The molecule has 0 radical (unpaired) electrons.